The van der Waals surface area contributed by atoms with Crippen molar-refractivity contribution < 1.29 is 18.3 Å². The SMILES string of the molecule is NS(=O)(=O)C1CC(=O)N(c2ccc(Br)cc2CO)C1. The third-order valence-corrected chi connectivity index (χ3v) is 4.80. The Balaban J connectivity index is 2.36. The predicted octanol–water partition coefficient (Wildman–Crippen LogP) is 0.335. The van der Waals surface area contributed by atoms with Crippen molar-refractivity contribution in [3.05, 3.63) is 28.2 Å². The predicted molar refractivity (Wildman–Crippen MR) is 73.9 cm³/mol. The van der Waals surface area contributed by atoms with Gasteiger partial charge in [0.2, 0.25) is 15.9 Å². The normalized spacial score (nSPS) is 20.1. The fourth-order valence-electron chi connectivity index (χ4n) is 2.07. The molecule has 1 aromatic rings. The van der Waals surface area contributed by atoms with E-state index in [-0.39, 0.29) is 25.5 Å². The first-order chi connectivity index (χ1) is 8.82. The zero-order valence-corrected chi connectivity index (χ0v) is 12.3. The van der Waals surface area contributed by atoms with Gasteiger partial charge in [-0.05, 0) is 18.2 Å². The molecule has 2 rings (SSSR count). The quantitative estimate of drug-likeness (QED) is 0.822. The third-order valence-electron chi connectivity index (χ3n) is 3.06. The Labute approximate surface area is 119 Å². The minimum atomic E-state index is -3.74. The Hall–Kier alpha value is -0.960. The fraction of sp³-hybridized carbons (Fsp3) is 0.364. The van der Waals surface area contributed by atoms with Gasteiger partial charge >= 0.3 is 0 Å². The number of benzene rings is 1. The minimum Gasteiger partial charge on any atom is -0.392 e. The van der Waals surface area contributed by atoms with Gasteiger partial charge in [0, 0.05) is 28.7 Å². The molecular formula is C11H13BrN2O4S. The van der Waals surface area contributed by atoms with E-state index in [0.717, 1.165) is 4.47 Å². The van der Waals surface area contributed by atoms with Gasteiger partial charge in [0.15, 0.2) is 0 Å². The Morgan fingerprint density at radius 2 is 2.16 bits per heavy atom. The molecule has 0 aliphatic carbocycles. The van der Waals surface area contributed by atoms with Crippen molar-refractivity contribution >= 4 is 37.5 Å². The number of anilines is 1. The largest absolute Gasteiger partial charge is 0.392 e. The van der Waals surface area contributed by atoms with Gasteiger partial charge in [-0.2, -0.15) is 0 Å². The maximum absolute atomic E-state index is 11.9. The van der Waals surface area contributed by atoms with E-state index in [2.05, 4.69) is 15.9 Å². The van der Waals surface area contributed by atoms with E-state index < -0.39 is 15.3 Å². The van der Waals surface area contributed by atoms with E-state index in [0.29, 0.717) is 11.3 Å². The number of nitrogens with zero attached hydrogens (tertiary/aromatic N) is 1. The van der Waals surface area contributed by atoms with Gasteiger partial charge in [-0.3, -0.25) is 4.79 Å². The molecule has 3 N–H and O–H groups in total. The Bertz CT molecular complexity index is 617. The number of aliphatic hydroxyl groups excluding tert-OH is 1. The number of nitrogens with two attached hydrogens (primary N) is 1. The lowest BCUT2D eigenvalue weighted by Gasteiger charge is -2.19. The molecule has 1 aromatic carbocycles. The molecule has 0 spiro atoms. The van der Waals surface area contributed by atoms with Crippen LogP contribution >= 0.6 is 15.9 Å². The number of halogens is 1. The molecule has 1 aliphatic rings. The van der Waals surface area contributed by atoms with Gasteiger partial charge in [-0.15, -0.1) is 0 Å². The highest BCUT2D eigenvalue weighted by atomic mass is 79.9. The van der Waals surface area contributed by atoms with Crippen molar-refractivity contribution in [2.24, 2.45) is 5.14 Å². The molecule has 1 amide bonds. The average Bonchev–Trinajstić information content (AvgIpc) is 2.71. The topological polar surface area (TPSA) is 101 Å². The highest BCUT2D eigenvalue weighted by Gasteiger charge is 2.37. The molecule has 1 heterocycles. The van der Waals surface area contributed by atoms with Crippen molar-refractivity contribution in [2.45, 2.75) is 18.3 Å². The summed E-state index contributed by atoms with van der Waals surface area (Å²) in [5, 5.41) is 13.5. The van der Waals surface area contributed by atoms with E-state index in [1.54, 1.807) is 18.2 Å². The molecule has 6 nitrogen and oxygen atoms in total. The van der Waals surface area contributed by atoms with Crippen molar-refractivity contribution in [2.75, 3.05) is 11.4 Å². The summed E-state index contributed by atoms with van der Waals surface area (Å²) in [5.74, 6) is -0.309. The summed E-state index contributed by atoms with van der Waals surface area (Å²) in [6, 6.07) is 5.08. The van der Waals surface area contributed by atoms with Crippen LogP contribution in [0.4, 0.5) is 5.69 Å². The number of carbonyl (C=O) groups is 1. The van der Waals surface area contributed by atoms with Gasteiger partial charge in [0.1, 0.15) is 5.25 Å². The molecule has 0 radical (unpaired) electrons. The highest BCUT2D eigenvalue weighted by Crippen LogP contribution is 2.29. The number of carbonyl (C=O) groups excluding carboxylic acids is 1. The van der Waals surface area contributed by atoms with E-state index in [4.69, 9.17) is 5.14 Å². The van der Waals surface area contributed by atoms with Gasteiger partial charge < -0.3 is 10.0 Å². The van der Waals surface area contributed by atoms with Crippen molar-refractivity contribution in [1.82, 2.24) is 0 Å². The summed E-state index contributed by atoms with van der Waals surface area (Å²) in [6.45, 7) is -0.217. The Morgan fingerprint density at radius 1 is 1.47 bits per heavy atom. The van der Waals surface area contributed by atoms with Crippen molar-refractivity contribution in [3.8, 4) is 0 Å². The van der Waals surface area contributed by atoms with E-state index in [1.807, 2.05) is 0 Å². The molecule has 0 bridgehead atoms. The maximum atomic E-state index is 11.9. The van der Waals surface area contributed by atoms with Crippen LogP contribution in [0.25, 0.3) is 0 Å². The van der Waals surface area contributed by atoms with Crippen LogP contribution in [-0.2, 0) is 21.4 Å². The van der Waals surface area contributed by atoms with Crippen LogP contribution in [0.1, 0.15) is 12.0 Å². The molecule has 0 aromatic heterocycles. The van der Waals surface area contributed by atoms with Crippen LogP contribution in [0.2, 0.25) is 0 Å². The Kier molecular flexibility index (Phi) is 3.95. The zero-order chi connectivity index (χ0) is 14.2. The molecular weight excluding hydrogens is 336 g/mol. The molecule has 0 saturated carbocycles. The second-order valence-electron chi connectivity index (χ2n) is 4.35. The van der Waals surface area contributed by atoms with Gasteiger partial charge in [-0.1, -0.05) is 15.9 Å². The molecule has 8 heteroatoms. The summed E-state index contributed by atoms with van der Waals surface area (Å²) < 4.78 is 23.4. The zero-order valence-electron chi connectivity index (χ0n) is 9.91. The number of aliphatic hydroxyl groups is 1. The molecule has 1 atom stereocenters. The summed E-state index contributed by atoms with van der Waals surface area (Å²) in [4.78, 5) is 13.3. The maximum Gasteiger partial charge on any atom is 0.228 e. The van der Waals surface area contributed by atoms with Gasteiger partial charge in [0.25, 0.3) is 0 Å². The number of rotatable bonds is 3. The van der Waals surface area contributed by atoms with Crippen LogP contribution in [0.5, 0.6) is 0 Å². The van der Waals surface area contributed by atoms with Crippen molar-refractivity contribution in [3.63, 3.8) is 0 Å². The van der Waals surface area contributed by atoms with Crippen LogP contribution in [0.3, 0.4) is 0 Å². The first-order valence-electron chi connectivity index (χ1n) is 5.54. The van der Waals surface area contributed by atoms with E-state index in [1.165, 1.54) is 4.90 Å². The second kappa shape index (κ2) is 5.20. The number of hydrogen-bond donors (Lipinski definition) is 2. The van der Waals surface area contributed by atoms with Crippen molar-refractivity contribution in [1.29, 1.82) is 0 Å². The van der Waals surface area contributed by atoms with Crippen LogP contribution in [-0.4, -0.2) is 31.2 Å². The number of primary sulfonamides is 1. The van der Waals surface area contributed by atoms with Gasteiger partial charge in [0.05, 0.1) is 6.61 Å². The second-order valence-corrected chi connectivity index (χ2v) is 7.11. The summed E-state index contributed by atoms with van der Waals surface area (Å²) in [7, 11) is -3.74. The molecule has 104 valence electrons. The summed E-state index contributed by atoms with van der Waals surface area (Å²) >= 11 is 3.27. The van der Waals surface area contributed by atoms with Gasteiger partial charge in [-0.25, -0.2) is 13.6 Å². The standard InChI is InChI=1S/C11H13BrN2O4S/c12-8-1-2-10(7(3-8)6-15)14-5-9(4-11(14)16)19(13,17)18/h1-3,9,15H,4-6H2,(H2,13,17,18). The lowest BCUT2D eigenvalue weighted by atomic mass is 10.1. The van der Waals surface area contributed by atoms with Crippen LogP contribution < -0.4 is 10.0 Å². The first-order valence-corrected chi connectivity index (χ1v) is 7.94. The average molecular weight is 349 g/mol. The number of amides is 1. The monoisotopic (exact) mass is 348 g/mol. The molecule has 1 aliphatic heterocycles. The lowest BCUT2D eigenvalue weighted by molar-refractivity contribution is -0.117. The molecule has 19 heavy (non-hydrogen) atoms. The number of sulfonamides is 1. The van der Waals surface area contributed by atoms with Crippen LogP contribution in [0, 0.1) is 0 Å². The smallest absolute Gasteiger partial charge is 0.228 e. The lowest BCUT2D eigenvalue weighted by Crippen LogP contribution is -2.32. The van der Waals surface area contributed by atoms with E-state index >= 15 is 0 Å². The molecule has 1 unspecified atom stereocenters. The molecule has 1 fully saturated rings. The molecule has 1 saturated heterocycles. The third kappa shape index (κ3) is 2.97. The Morgan fingerprint density at radius 3 is 2.68 bits per heavy atom. The first kappa shape index (κ1) is 14.4. The minimum absolute atomic E-state index is 0.0201. The highest BCUT2D eigenvalue weighted by molar-refractivity contribution is 9.10. The number of hydrogen-bond acceptors (Lipinski definition) is 4. The summed E-state index contributed by atoms with van der Waals surface area (Å²) in [6.07, 6.45) is -0.125. The summed E-state index contributed by atoms with van der Waals surface area (Å²) in [5.41, 5.74) is 1.07. The van der Waals surface area contributed by atoms with E-state index in [9.17, 15) is 18.3 Å². The fourth-order valence-corrected chi connectivity index (χ4v) is 3.21. The van der Waals surface area contributed by atoms with Crippen LogP contribution in [0.15, 0.2) is 22.7 Å².